The summed E-state index contributed by atoms with van der Waals surface area (Å²) in [7, 11) is -2.98. The lowest BCUT2D eigenvalue weighted by molar-refractivity contribution is 0.242. The smallest absolute Gasteiger partial charge is 0.154 e. The molecule has 1 saturated carbocycles. The highest BCUT2D eigenvalue weighted by Gasteiger charge is 2.39. The maximum atomic E-state index is 12.7. The Labute approximate surface area is 125 Å². The van der Waals surface area contributed by atoms with Crippen molar-refractivity contribution in [3.63, 3.8) is 0 Å². The van der Waals surface area contributed by atoms with Crippen LogP contribution in [-0.2, 0) is 9.84 Å². The van der Waals surface area contributed by atoms with Crippen LogP contribution in [0.15, 0.2) is 0 Å². The maximum absolute atomic E-state index is 12.7. The molecule has 1 aliphatic rings. The van der Waals surface area contributed by atoms with E-state index in [4.69, 9.17) is 0 Å². The van der Waals surface area contributed by atoms with Gasteiger partial charge in [0.25, 0.3) is 0 Å². The minimum atomic E-state index is -2.98. The second kappa shape index (κ2) is 7.79. The van der Waals surface area contributed by atoms with E-state index in [1.165, 1.54) is 0 Å². The van der Waals surface area contributed by atoms with E-state index < -0.39 is 9.84 Å². The standard InChI is InChI=1S/C16H33NO2S/c1-6-17-15-8-7-14(13(4)5)11-16(15)20(18,19)10-9-12(2)3/h12-17H,6-11H2,1-5H3. The van der Waals surface area contributed by atoms with Gasteiger partial charge in [0.1, 0.15) is 0 Å². The van der Waals surface area contributed by atoms with Gasteiger partial charge in [0.2, 0.25) is 0 Å². The highest BCUT2D eigenvalue weighted by molar-refractivity contribution is 7.92. The van der Waals surface area contributed by atoms with Crippen LogP contribution in [0.3, 0.4) is 0 Å². The molecule has 1 fully saturated rings. The third-order valence-corrected chi connectivity index (χ3v) is 6.93. The predicted molar refractivity (Wildman–Crippen MR) is 86.7 cm³/mol. The van der Waals surface area contributed by atoms with Crippen LogP contribution in [0.2, 0.25) is 0 Å². The monoisotopic (exact) mass is 303 g/mol. The molecule has 3 atom stereocenters. The Hall–Kier alpha value is -0.0900. The highest BCUT2D eigenvalue weighted by Crippen LogP contribution is 2.34. The topological polar surface area (TPSA) is 46.2 Å². The Morgan fingerprint density at radius 3 is 2.30 bits per heavy atom. The van der Waals surface area contributed by atoms with Gasteiger partial charge in [0.05, 0.1) is 11.0 Å². The molecule has 0 saturated heterocycles. The number of hydrogen-bond donors (Lipinski definition) is 1. The molecule has 120 valence electrons. The fraction of sp³-hybridized carbons (Fsp3) is 1.00. The Kier molecular flexibility index (Phi) is 6.99. The lowest BCUT2D eigenvalue weighted by Gasteiger charge is -2.38. The lowest BCUT2D eigenvalue weighted by atomic mass is 9.79. The Morgan fingerprint density at radius 2 is 1.80 bits per heavy atom. The molecule has 4 heteroatoms. The van der Waals surface area contributed by atoms with Gasteiger partial charge in [0, 0.05) is 6.04 Å². The van der Waals surface area contributed by atoms with Crippen LogP contribution in [0.1, 0.15) is 60.3 Å². The summed E-state index contributed by atoms with van der Waals surface area (Å²) in [6.07, 6.45) is 3.79. The van der Waals surface area contributed by atoms with Crippen LogP contribution < -0.4 is 5.32 Å². The van der Waals surface area contributed by atoms with Crippen LogP contribution in [0, 0.1) is 17.8 Å². The molecule has 1 aliphatic carbocycles. The second-order valence-electron chi connectivity index (χ2n) is 7.07. The fourth-order valence-corrected chi connectivity index (χ4v) is 5.59. The van der Waals surface area contributed by atoms with E-state index in [9.17, 15) is 8.42 Å². The van der Waals surface area contributed by atoms with Crippen molar-refractivity contribution >= 4 is 9.84 Å². The Morgan fingerprint density at radius 1 is 1.15 bits per heavy atom. The molecule has 3 unspecified atom stereocenters. The Bertz CT molecular complexity index is 376. The average molecular weight is 304 g/mol. The van der Waals surface area contributed by atoms with Gasteiger partial charge in [-0.25, -0.2) is 8.42 Å². The maximum Gasteiger partial charge on any atom is 0.154 e. The van der Waals surface area contributed by atoms with Gasteiger partial charge in [-0.2, -0.15) is 0 Å². The molecule has 0 aromatic heterocycles. The molecule has 0 spiro atoms. The van der Waals surface area contributed by atoms with E-state index in [-0.39, 0.29) is 11.3 Å². The molecule has 0 aromatic rings. The van der Waals surface area contributed by atoms with E-state index in [0.29, 0.717) is 23.5 Å². The van der Waals surface area contributed by atoms with Crippen molar-refractivity contribution in [1.29, 1.82) is 0 Å². The van der Waals surface area contributed by atoms with Crippen molar-refractivity contribution < 1.29 is 8.42 Å². The predicted octanol–water partition coefficient (Wildman–Crippen LogP) is 3.25. The van der Waals surface area contributed by atoms with Gasteiger partial charge in [-0.1, -0.05) is 34.6 Å². The van der Waals surface area contributed by atoms with Crippen LogP contribution in [-0.4, -0.2) is 32.0 Å². The van der Waals surface area contributed by atoms with Gasteiger partial charge in [-0.15, -0.1) is 0 Å². The second-order valence-corrected chi connectivity index (χ2v) is 9.41. The largest absolute Gasteiger partial charge is 0.313 e. The third kappa shape index (κ3) is 5.03. The van der Waals surface area contributed by atoms with Gasteiger partial charge >= 0.3 is 0 Å². The first kappa shape index (κ1) is 18.0. The zero-order valence-corrected chi connectivity index (χ0v) is 14.7. The fourth-order valence-electron chi connectivity index (χ4n) is 3.21. The zero-order valence-electron chi connectivity index (χ0n) is 13.9. The van der Waals surface area contributed by atoms with E-state index in [2.05, 4.69) is 39.9 Å². The third-order valence-electron chi connectivity index (χ3n) is 4.68. The first-order chi connectivity index (χ1) is 9.27. The number of nitrogens with one attached hydrogen (secondary N) is 1. The summed E-state index contributed by atoms with van der Waals surface area (Å²) >= 11 is 0. The van der Waals surface area contributed by atoms with Crippen LogP contribution in [0.25, 0.3) is 0 Å². The molecule has 1 rings (SSSR count). The van der Waals surface area contributed by atoms with Gasteiger partial charge in [-0.3, -0.25) is 0 Å². The van der Waals surface area contributed by atoms with Gasteiger partial charge < -0.3 is 5.32 Å². The summed E-state index contributed by atoms with van der Waals surface area (Å²) in [6, 6.07) is 0.159. The lowest BCUT2D eigenvalue weighted by Crippen LogP contribution is -2.49. The molecular formula is C16H33NO2S. The number of rotatable bonds is 7. The van der Waals surface area contributed by atoms with Crippen LogP contribution in [0.4, 0.5) is 0 Å². The van der Waals surface area contributed by atoms with E-state index >= 15 is 0 Å². The Balaban J connectivity index is 2.82. The van der Waals surface area contributed by atoms with Crippen molar-refractivity contribution in [3.8, 4) is 0 Å². The molecule has 0 heterocycles. The van der Waals surface area contributed by atoms with Crippen molar-refractivity contribution in [1.82, 2.24) is 5.32 Å². The molecule has 0 aromatic carbocycles. The van der Waals surface area contributed by atoms with E-state index in [1.807, 2.05) is 0 Å². The zero-order chi connectivity index (χ0) is 15.3. The summed E-state index contributed by atoms with van der Waals surface area (Å²) in [5.74, 6) is 1.94. The molecular weight excluding hydrogens is 270 g/mol. The highest BCUT2D eigenvalue weighted by atomic mass is 32.2. The quantitative estimate of drug-likeness (QED) is 0.785. The first-order valence-corrected chi connectivity index (χ1v) is 9.94. The van der Waals surface area contributed by atoms with Crippen LogP contribution in [0.5, 0.6) is 0 Å². The molecule has 0 aliphatic heterocycles. The molecule has 0 bridgehead atoms. The minimum absolute atomic E-state index is 0.159. The molecule has 20 heavy (non-hydrogen) atoms. The molecule has 0 radical (unpaired) electrons. The summed E-state index contributed by atoms with van der Waals surface area (Å²) in [6.45, 7) is 11.5. The SMILES string of the molecule is CCNC1CCC(C(C)C)CC1S(=O)(=O)CCC(C)C. The number of sulfone groups is 1. The van der Waals surface area contributed by atoms with Gasteiger partial charge in [-0.05, 0) is 50.0 Å². The average Bonchev–Trinajstić information content (AvgIpc) is 2.37. The molecule has 0 amide bonds. The van der Waals surface area contributed by atoms with E-state index in [0.717, 1.165) is 32.2 Å². The van der Waals surface area contributed by atoms with Gasteiger partial charge in [0.15, 0.2) is 9.84 Å². The summed E-state index contributed by atoms with van der Waals surface area (Å²) < 4.78 is 25.4. The first-order valence-electron chi connectivity index (χ1n) is 8.22. The van der Waals surface area contributed by atoms with Crippen molar-refractivity contribution in [2.75, 3.05) is 12.3 Å². The van der Waals surface area contributed by atoms with E-state index in [1.54, 1.807) is 0 Å². The van der Waals surface area contributed by atoms with Crippen LogP contribution >= 0.6 is 0 Å². The normalized spacial score (nSPS) is 28.2. The minimum Gasteiger partial charge on any atom is -0.313 e. The molecule has 1 N–H and O–H groups in total. The van der Waals surface area contributed by atoms with Crippen molar-refractivity contribution in [3.05, 3.63) is 0 Å². The summed E-state index contributed by atoms with van der Waals surface area (Å²) in [5, 5.41) is 3.23. The summed E-state index contributed by atoms with van der Waals surface area (Å²) in [5.41, 5.74) is 0. The van der Waals surface area contributed by atoms with Crippen molar-refractivity contribution in [2.24, 2.45) is 17.8 Å². The van der Waals surface area contributed by atoms with Crippen molar-refractivity contribution in [2.45, 2.75) is 71.6 Å². The molecule has 3 nitrogen and oxygen atoms in total. The summed E-state index contributed by atoms with van der Waals surface area (Å²) in [4.78, 5) is 0. The number of hydrogen-bond acceptors (Lipinski definition) is 3.